The van der Waals surface area contributed by atoms with Gasteiger partial charge in [-0.1, -0.05) is 60.7 Å². The molecule has 0 bridgehead atoms. The molecule has 2 aliphatic heterocycles. The van der Waals surface area contributed by atoms with Gasteiger partial charge in [-0.25, -0.2) is 12.7 Å². The fourth-order valence-electron chi connectivity index (χ4n) is 4.64. The van der Waals surface area contributed by atoms with Gasteiger partial charge in [0, 0.05) is 51.7 Å². The Morgan fingerprint density at radius 3 is 1.94 bits per heavy atom. The molecule has 2 fully saturated rings. The summed E-state index contributed by atoms with van der Waals surface area (Å²) in [4.78, 5) is 17.4. The first-order valence-electron chi connectivity index (χ1n) is 11.6. The van der Waals surface area contributed by atoms with Crippen LogP contribution in [0, 0.1) is 5.92 Å². The third-order valence-corrected chi connectivity index (χ3v) is 8.48. The van der Waals surface area contributed by atoms with Gasteiger partial charge in [0.2, 0.25) is 15.9 Å². The molecule has 7 heteroatoms. The van der Waals surface area contributed by atoms with Crippen LogP contribution in [0.5, 0.6) is 0 Å². The molecule has 2 heterocycles. The van der Waals surface area contributed by atoms with E-state index in [1.54, 1.807) is 4.31 Å². The van der Waals surface area contributed by atoms with Gasteiger partial charge in [0.05, 0.1) is 5.75 Å². The van der Waals surface area contributed by atoms with E-state index < -0.39 is 10.0 Å². The van der Waals surface area contributed by atoms with Crippen molar-refractivity contribution in [2.24, 2.45) is 5.92 Å². The van der Waals surface area contributed by atoms with Gasteiger partial charge in [-0.3, -0.25) is 9.69 Å². The van der Waals surface area contributed by atoms with Crippen LogP contribution in [0.15, 0.2) is 60.7 Å². The molecule has 0 aromatic heterocycles. The summed E-state index contributed by atoms with van der Waals surface area (Å²) < 4.78 is 27.1. The van der Waals surface area contributed by atoms with E-state index in [-0.39, 0.29) is 17.6 Å². The van der Waals surface area contributed by atoms with Crippen LogP contribution in [0.25, 0.3) is 0 Å². The van der Waals surface area contributed by atoms with Crippen molar-refractivity contribution in [3.8, 4) is 0 Å². The average molecular weight is 456 g/mol. The number of sulfonamides is 1. The van der Waals surface area contributed by atoms with Crippen molar-refractivity contribution in [3.05, 3.63) is 71.8 Å². The monoisotopic (exact) mass is 455 g/mol. The summed E-state index contributed by atoms with van der Waals surface area (Å²) in [6.07, 6.45) is 2.26. The van der Waals surface area contributed by atoms with Gasteiger partial charge in [0.15, 0.2) is 0 Å². The third kappa shape index (κ3) is 5.97. The molecule has 2 aliphatic rings. The lowest BCUT2D eigenvalue weighted by molar-refractivity contribution is -0.138. The van der Waals surface area contributed by atoms with Crippen molar-refractivity contribution in [2.75, 3.05) is 45.8 Å². The predicted molar refractivity (Wildman–Crippen MR) is 127 cm³/mol. The molecular formula is C25H33N3O3S. The fraction of sp³-hybridized carbons (Fsp3) is 0.480. The lowest BCUT2D eigenvalue weighted by Gasteiger charge is -2.38. The Hall–Kier alpha value is -2.22. The standard InChI is InChI=1S/C25H33N3O3S/c29-25(27-19-17-26(18-20-27)14-11-22-7-3-1-4-8-22)24-12-15-28(16-13-24)32(30,31)21-23-9-5-2-6-10-23/h1-10,24H,11-21H2. The molecular weight excluding hydrogens is 422 g/mol. The highest BCUT2D eigenvalue weighted by atomic mass is 32.2. The van der Waals surface area contributed by atoms with Gasteiger partial charge in [-0.05, 0) is 30.4 Å². The first-order valence-corrected chi connectivity index (χ1v) is 13.2. The second-order valence-corrected chi connectivity index (χ2v) is 10.8. The molecule has 1 amide bonds. The normalized spacial score (nSPS) is 19.2. The lowest BCUT2D eigenvalue weighted by atomic mass is 9.96. The van der Waals surface area contributed by atoms with Crippen LogP contribution in [0.2, 0.25) is 0 Å². The molecule has 6 nitrogen and oxygen atoms in total. The largest absolute Gasteiger partial charge is 0.340 e. The Balaban J connectivity index is 1.21. The molecule has 32 heavy (non-hydrogen) atoms. The highest BCUT2D eigenvalue weighted by Gasteiger charge is 2.34. The zero-order valence-electron chi connectivity index (χ0n) is 18.6. The summed E-state index contributed by atoms with van der Waals surface area (Å²) in [7, 11) is -3.35. The summed E-state index contributed by atoms with van der Waals surface area (Å²) >= 11 is 0. The van der Waals surface area contributed by atoms with Gasteiger partial charge in [0.25, 0.3) is 0 Å². The van der Waals surface area contributed by atoms with Gasteiger partial charge in [-0.2, -0.15) is 0 Å². The van der Waals surface area contributed by atoms with Crippen molar-refractivity contribution < 1.29 is 13.2 Å². The lowest BCUT2D eigenvalue weighted by Crippen LogP contribution is -2.52. The number of carbonyl (C=O) groups excluding carboxylic acids is 1. The van der Waals surface area contributed by atoms with Gasteiger partial charge >= 0.3 is 0 Å². The smallest absolute Gasteiger partial charge is 0.225 e. The minimum absolute atomic E-state index is 0.0252. The van der Waals surface area contributed by atoms with E-state index in [0.717, 1.165) is 44.7 Å². The maximum absolute atomic E-state index is 13.0. The molecule has 0 N–H and O–H groups in total. The topological polar surface area (TPSA) is 60.9 Å². The molecule has 0 aliphatic carbocycles. The first kappa shape index (κ1) is 23.0. The van der Waals surface area contributed by atoms with Crippen molar-refractivity contribution in [1.82, 2.24) is 14.1 Å². The number of nitrogens with zero attached hydrogens (tertiary/aromatic N) is 3. The van der Waals surface area contributed by atoms with Crippen LogP contribution >= 0.6 is 0 Å². The van der Waals surface area contributed by atoms with Crippen LogP contribution in [0.3, 0.4) is 0 Å². The number of piperidine rings is 1. The summed E-state index contributed by atoms with van der Waals surface area (Å²) in [6.45, 7) is 5.22. The maximum Gasteiger partial charge on any atom is 0.225 e. The van der Waals surface area contributed by atoms with Crippen molar-refractivity contribution >= 4 is 15.9 Å². The van der Waals surface area contributed by atoms with Crippen molar-refractivity contribution in [1.29, 1.82) is 0 Å². The highest BCUT2D eigenvalue weighted by Crippen LogP contribution is 2.24. The molecule has 4 rings (SSSR count). The molecule has 0 atom stereocenters. The molecule has 2 aromatic rings. The Morgan fingerprint density at radius 1 is 0.781 bits per heavy atom. The van der Waals surface area contributed by atoms with Crippen LogP contribution in [-0.2, 0) is 27.0 Å². The highest BCUT2D eigenvalue weighted by molar-refractivity contribution is 7.88. The van der Waals surface area contributed by atoms with Crippen molar-refractivity contribution in [2.45, 2.75) is 25.0 Å². The van der Waals surface area contributed by atoms with E-state index >= 15 is 0 Å². The Kier molecular flexibility index (Phi) is 7.60. The van der Waals surface area contributed by atoms with E-state index in [1.807, 2.05) is 41.3 Å². The summed E-state index contributed by atoms with van der Waals surface area (Å²) in [5.74, 6) is 0.166. The van der Waals surface area contributed by atoms with Crippen molar-refractivity contribution in [3.63, 3.8) is 0 Å². The number of benzene rings is 2. The summed E-state index contributed by atoms with van der Waals surface area (Å²) in [5, 5.41) is 0. The van der Waals surface area contributed by atoms with E-state index in [1.165, 1.54) is 5.56 Å². The second-order valence-electron chi connectivity index (χ2n) is 8.82. The van der Waals surface area contributed by atoms with E-state index in [4.69, 9.17) is 0 Å². The van der Waals surface area contributed by atoms with Crippen LogP contribution < -0.4 is 0 Å². The number of hydrogen-bond donors (Lipinski definition) is 0. The number of amides is 1. The zero-order chi connectivity index (χ0) is 22.4. The number of piperazine rings is 1. The zero-order valence-corrected chi connectivity index (χ0v) is 19.4. The Bertz CT molecular complexity index is 966. The molecule has 172 valence electrons. The minimum atomic E-state index is -3.35. The van der Waals surface area contributed by atoms with Gasteiger partial charge in [0.1, 0.15) is 0 Å². The fourth-order valence-corrected chi connectivity index (χ4v) is 6.20. The quantitative estimate of drug-likeness (QED) is 0.644. The number of hydrogen-bond acceptors (Lipinski definition) is 4. The number of carbonyl (C=O) groups is 1. The summed E-state index contributed by atoms with van der Waals surface area (Å²) in [6, 6.07) is 19.8. The van der Waals surface area contributed by atoms with E-state index in [2.05, 4.69) is 29.2 Å². The Morgan fingerprint density at radius 2 is 1.34 bits per heavy atom. The van der Waals surface area contributed by atoms with E-state index in [9.17, 15) is 13.2 Å². The van der Waals surface area contributed by atoms with Gasteiger partial charge < -0.3 is 4.90 Å². The van der Waals surface area contributed by atoms with Crippen LogP contribution in [0.4, 0.5) is 0 Å². The molecule has 2 saturated heterocycles. The van der Waals surface area contributed by atoms with E-state index in [0.29, 0.717) is 25.9 Å². The molecule has 0 unspecified atom stereocenters. The molecule has 0 spiro atoms. The number of rotatable bonds is 7. The van der Waals surface area contributed by atoms with Gasteiger partial charge in [-0.15, -0.1) is 0 Å². The minimum Gasteiger partial charge on any atom is -0.340 e. The SMILES string of the molecule is O=C(C1CCN(S(=O)(=O)Cc2ccccc2)CC1)N1CCN(CCc2ccccc2)CC1. The van der Waals surface area contributed by atoms with Crippen LogP contribution in [0.1, 0.15) is 24.0 Å². The molecule has 2 aromatic carbocycles. The average Bonchev–Trinajstić information content (AvgIpc) is 2.84. The Labute approximate surface area is 191 Å². The second kappa shape index (κ2) is 10.6. The van der Waals surface area contributed by atoms with Crippen LogP contribution in [-0.4, -0.2) is 74.2 Å². The molecule has 0 radical (unpaired) electrons. The summed E-state index contributed by atoms with van der Waals surface area (Å²) in [5.41, 5.74) is 2.15. The first-order chi connectivity index (χ1) is 15.5. The third-order valence-electron chi connectivity index (χ3n) is 6.63. The predicted octanol–water partition coefficient (Wildman–Crippen LogP) is 2.62. The maximum atomic E-state index is 13.0. The molecule has 0 saturated carbocycles.